The third kappa shape index (κ3) is 2.97. The van der Waals surface area contributed by atoms with Crippen LogP contribution in [0.15, 0.2) is 18.3 Å². The third-order valence-corrected chi connectivity index (χ3v) is 2.59. The first kappa shape index (κ1) is 12.1. The van der Waals surface area contributed by atoms with Crippen molar-refractivity contribution in [3.8, 4) is 0 Å². The summed E-state index contributed by atoms with van der Waals surface area (Å²) in [6, 6.07) is 2.97. The molecular formula is C11H18FN3. The van der Waals surface area contributed by atoms with Gasteiger partial charge in [-0.25, -0.2) is 4.98 Å². The Labute approximate surface area is 89.7 Å². The monoisotopic (exact) mass is 211 g/mol. The second-order valence-electron chi connectivity index (χ2n) is 4.08. The molecule has 0 saturated heterocycles. The second-order valence-corrected chi connectivity index (χ2v) is 4.08. The Kier molecular flexibility index (Phi) is 4.17. The Bertz CT molecular complexity index is 297. The summed E-state index contributed by atoms with van der Waals surface area (Å²) in [4.78, 5) is 3.64. The summed E-state index contributed by atoms with van der Waals surface area (Å²) in [6.45, 7) is 4.56. The normalized spacial score (nSPS) is 15.3. The van der Waals surface area contributed by atoms with Crippen LogP contribution >= 0.6 is 0 Å². The van der Waals surface area contributed by atoms with Crippen LogP contribution in [0.25, 0.3) is 0 Å². The minimum Gasteiger partial charge on any atom is -0.329 e. The van der Waals surface area contributed by atoms with Crippen LogP contribution in [0.1, 0.15) is 25.3 Å². The number of hydrogen-bond acceptors (Lipinski definition) is 3. The Balaban J connectivity index is 2.94. The van der Waals surface area contributed by atoms with Gasteiger partial charge in [-0.1, -0.05) is 19.9 Å². The highest BCUT2D eigenvalue weighted by atomic mass is 19.1. The summed E-state index contributed by atoms with van der Waals surface area (Å²) >= 11 is 0. The molecule has 3 nitrogen and oxygen atoms in total. The molecule has 84 valence electrons. The number of hydrogen-bond donors (Lipinski definition) is 2. The third-order valence-electron chi connectivity index (χ3n) is 2.59. The highest BCUT2D eigenvalue weighted by Gasteiger charge is 2.22. The van der Waals surface area contributed by atoms with E-state index in [-0.39, 0.29) is 12.0 Å². The lowest BCUT2D eigenvalue weighted by molar-refractivity contribution is 0.419. The molecule has 4 N–H and O–H groups in total. The lowest BCUT2D eigenvalue weighted by Crippen LogP contribution is -2.38. The fourth-order valence-electron chi connectivity index (χ4n) is 1.86. The van der Waals surface area contributed by atoms with Gasteiger partial charge in [-0.15, -0.1) is 0 Å². The summed E-state index contributed by atoms with van der Waals surface area (Å²) in [5, 5.41) is 0. The number of nitrogens with zero attached hydrogens (tertiary/aromatic N) is 1. The van der Waals surface area contributed by atoms with Gasteiger partial charge in [0.05, 0.1) is 0 Å². The molecule has 0 amide bonds. The average Bonchev–Trinajstić information content (AvgIpc) is 2.20. The van der Waals surface area contributed by atoms with E-state index in [2.05, 4.69) is 18.8 Å². The Hall–Kier alpha value is -1.00. The average molecular weight is 211 g/mol. The van der Waals surface area contributed by atoms with Crippen molar-refractivity contribution in [2.45, 2.75) is 25.8 Å². The molecule has 0 fully saturated rings. The van der Waals surface area contributed by atoms with Crippen molar-refractivity contribution < 1.29 is 4.39 Å². The van der Waals surface area contributed by atoms with Crippen LogP contribution in [0.2, 0.25) is 0 Å². The fourth-order valence-corrected chi connectivity index (χ4v) is 1.86. The molecule has 0 radical (unpaired) electrons. The fraction of sp³-hybridized carbons (Fsp3) is 0.545. The lowest BCUT2D eigenvalue weighted by Gasteiger charge is -2.26. The van der Waals surface area contributed by atoms with Gasteiger partial charge in [-0.05, 0) is 17.5 Å². The predicted octanol–water partition coefficient (Wildman–Crippen LogP) is 1.25. The first-order valence-electron chi connectivity index (χ1n) is 5.13. The summed E-state index contributed by atoms with van der Waals surface area (Å²) in [5.74, 6) is 0.0153. The maximum Gasteiger partial charge on any atom is 0.212 e. The Morgan fingerprint density at radius 2 is 2.07 bits per heavy atom. The molecule has 0 spiro atoms. The zero-order chi connectivity index (χ0) is 11.4. The molecule has 0 aliphatic heterocycles. The van der Waals surface area contributed by atoms with Gasteiger partial charge in [-0.2, -0.15) is 4.39 Å². The predicted molar refractivity (Wildman–Crippen MR) is 58.8 cm³/mol. The van der Waals surface area contributed by atoms with Crippen molar-refractivity contribution >= 4 is 0 Å². The molecule has 15 heavy (non-hydrogen) atoms. The quantitative estimate of drug-likeness (QED) is 0.736. The van der Waals surface area contributed by atoms with Crippen molar-refractivity contribution in [1.82, 2.24) is 4.98 Å². The van der Waals surface area contributed by atoms with Crippen LogP contribution in [-0.2, 0) is 0 Å². The minimum absolute atomic E-state index is 0.114. The largest absolute Gasteiger partial charge is 0.329 e. The molecule has 0 aromatic carbocycles. The molecule has 1 rings (SSSR count). The molecule has 2 unspecified atom stereocenters. The number of rotatable bonds is 4. The summed E-state index contributed by atoms with van der Waals surface area (Å²) in [6.07, 6.45) is 1.54. The number of aromatic nitrogens is 1. The van der Waals surface area contributed by atoms with Crippen LogP contribution in [0, 0.1) is 11.9 Å². The van der Waals surface area contributed by atoms with E-state index in [0.29, 0.717) is 12.5 Å². The molecular weight excluding hydrogens is 193 g/mol. The van der Waals surface area contributed by atoms with Crippen LogP contribution in [-0.4, -0.2) is 17.6 Å². The lowest BCUT2D eigenvalue weighted by atomic mass is 9.83. The highest BCUT2D eigenvalue weighted by molar-refractivity contribution is 5.18. The van der Waals surface area contributed by atoms with E-state index in [1.54, 1.807) is 6.07 Å². The van der Waals surface area contributed by atoms with Gasteiger partial charge in [0.25, 0.3) is 0 Å². The zero-order valence-corrected chi connectivity index (χ0v) is 9.15. The van der Waals surface area contributed by atoms with E-state index in [1.165, 1.54) is 12.3 Å². The van der Waals surface area contributed by atoms with E-state index in [9.17, 15) is 4.39 Å². The number of halogens is 1. The molecule has 0 saturated carbocycles. The van der Waals surface area contributed by atoms with E-state index in [0.717, 1.165) is 5.56 Å². The van der Waals surface area contributed by atoms with Gasteiger partial charge in [0, 0.05) is 24.7 Å². The van der Waals surface area contributed by atoms with Gasteiger partial charge in [0.1, 0.15) is 0 Å². The zero-order valence-electron chi connectivity index (χ0n) is 9.15. The molecule has 1 heterocycles. The van der Waals surface area contributed by atoms with Gasteiger partial charge >= 0.3 is 0 Å². The second kappa shape index (κ2) is 5.19. The maximum absolute atomic E-state index is 12.7. The summed E-state index contributed by atoms with van der Waals surface area (Å²) < 4.78 is 12.7. The van der Waals surface area contributed by atoms with E-state index in [1.807, 2.05) is 0 Å². The number of pyridine rings is 1. The standard InChI is InChI=1S/C11H18FN3/c1-7(2)11(9(14)5-13)8-3-4-10(12)15-6-8/h3-4,6-7,9,11H,5,13-14H2,1-2H3. The van der Waals surface area contributed by atoms with Crippen molar-refractivity contribution in [2.75, 3.05) is 6.54 Å². The summed E-state index contributed by atoms with van der Waals surface area (Å²) in [7, 11) is 0. The topological polar surface area (TPSA) is 64.9 Å². The SMILES string of the molecule is CC(C)C(c1ccc(F)nc1)C(N)CN. The maximum atomic E-state index is 12.7. The van der Waals surface area contributed by atoms with Crippen molar-refractivity contribution in [3.05, 3.63) is 29.8 Å². The molecule has 1 aromatic rings. The van der Waals surface area contributed by atoms with Crippen LogP contribution < -0.4 is 11.5 Å². The van der Waals surface area contributed by atoms with Crippen molar-refractivity contribution in [3.63, 3.8) is 0 Å². The van der Waals surface area contributed by atoms with E-state index in [4.69, 9.17) is 11.5 Å². The molecule has 0 aliphatic carbocycles. The van der Waals surface area contributed by atoms with Crippen molar-refractivity contribution in [1.29, 1.82) is 0 Å². The smallest absolute Gasteiger partial charge is 0.212 e. The highest BCUT2D eigenvalue weighted by Crippen LogP contribution is 2.26. The van der Waals surface area contributed by atoms with E-state index < -0.39 is 5.95 Å². The molecule has 2 atom stereocenters. The van der Waals surface area contributed by atoms with Crippen LogP contribution in [0.4, 0.5) is 4.39 Å². The molecule has 1 aromatic heterocycles. The first-order chi connectivity index (χ1) is 7.06. The van der Waals surface area contributed by atoms with Gasteiger partial charge in [-0.3, -0.25) is 0 Å². The Morgan fingerprint density at radius 1 is 1.40 bits per heavy atom. The first-order valence-corrected chi connectivity index (χ1v) is 5.13. The Morgan fingerprint density at radius 3 is 2.47 bits per heavy atom. The van der Waals surface area contributed by atoms with Gasteiger partial charge in [0.15, 0.2) is 0 Å². The van der Waals surface area contributed by atoms with Crippen molar-refractivity contribution in [2.24, 2.45) is 17.4 Å². The van der Waals surface area contributed by atoms with Crippen LogP contribution in [0.3, 0.4) is 0 Å². The van der Waals surface area contributed by atoms with Crippen LogP contribution in [0.5, 0.6) is 0 Å². The molecule has 0 bridgehead atoms. The molecule has 4 heteroatoms. The minimum atomic E-state index is -0.470. The van der Waals surface area contributed by atoms with Gasteiger partial charge < -0.3 is 11.5 Å². The molecule has 0 aliphatic rings. The number of nitrogens with two attached hydrogens (primary N) is 2. The summed E-state index contributed by atoms with van der Waals surface area (Å²) in [5.41, 5.74) is 12.4. The van der Waals surface area contributed by atoms with E-state index >= 15 is 0 Å². The van der Waals surface area contributed by atoms with Gasteiger partial charge in [0.2, 0.25) is 5.95 Å².